The van der Waals surface area contributed by atoms with E-state index in [0.717, 1.165) is 6.26 Å². The van der Waals surface area contributed by atoms with Crippen molar-refractivity contribution in [3.05, 3.63) is 21.1 Å². The van der Waals surface area contributed by atoms with Crippen LogP contribution in [0.25, 0.3) is 0 Å². The van der Waals surface area contributed by atoms with Gasteiger partial charge in [-0.15, -0.1) is 11.3 Å². The van der Waals surface area contributed by atoms with Crippen molar-refractivity contribution in [1.29, 1.82) is 0 Å². The van der Waals surface area contributed by atoms with Gasteiger partial charge in [-0.25, -0.2) is 8.42 Å². The SMILES string of the molecule is C[C@H](O)c1cc([N+](=O)[O-])c(N2CCN(S(C)(=O)=O)CC2)s1. The van der Waals surface area contributed by atoms with Crippen molar-refractivity contribution in [2.24, 2.45) is 0 Å². The third-order valence-electron chi connectivity index (χ3n) is 3.32. The van der Waals surface area contributed by atoms with Gasteiger partial charge in [0.2, 0.25) is 10.0 Å². The van der Waals surface area contributed by atoms with E-state index < -0.39 is 21.1 Å². The first-order chi connectivity index (χ1) is 9.70. The van der Waals surface area contributed by atoms with Gasteiger partial charge in [0.25, 0.3) is 0 Å². The van der Waals surface area contributed by atoms with Crippen molar-refractivity contribution in [3.8, 4) is 0 Å². The van der Waals surface area contributed by atoms with Crippen LogP contribution in [0.2, 0.25) is 0 Å². The Labute approximate surface area is 126 Å². The number of anilines is 1. The maximum absolute atomic E-state index is 11.5. The van der Waals surface area contributed by atoms with E-state index in [-0.39, 0.29) is 5.69 Å². The van der Waals surface area contributed by atoms with Gasteiger partial charge in [0.15, 0.2) is 5.00 Å². The summed E-state index contributed by atoms with van der Waals surface area (Å²) in [4.78, 5) is 13.0. The normalized spacial score (nSPS) is 18.7. The maximum atomic E-state index is 11.5. The highest BCUT2D eigenvalue weighted by molar-refractivity contribution is 7.88. The van der Waals surface area contributed by atoms with E-state index in [2.05, 4.69) is 0 Å². The molecule has 118 valence electrons. The van der Waals surface area contributed by atoms with Crippen LogP contribution in [0.15, 0.2) is 6.07 Å². The van der Waals surface area contributed by atoms with Gasteiger partial charge in [-0.2, -0.15) is 4.31 Å². The lowest BCUT2D eigenvalue weighted by atomic mass is 10.3. The zero-order valence-electron chi connectivity index (χ0n) is 11.7. The lowest BCUT2D eigenvalue weighted by Crippen LogP contribution is -2.48. The zero-order chi connectivity index (χ0) is 15.8. The van der Waals surface area contributed by atoms with Crippen molar-refractivity contribution in [1.82, 2.24) is 4.31 Å². The Bertz CT molecular complexity index is 632. The molecular formula is C11H17N3O5S2. The molecule has 0 saturated carbocycles. The molecule has 1 atom stereocenters. The lowest BCUT2D eigenvalue weighted by molar-refractivity contribution is -0.383. The van der Waals surface area contributed by atoms with Gasteiger partial charge in [0, 0.05) is 37.1 Å². The summed E-state index contributed by atoms with van der Waals surface area (Å²) in [5.74, 6) is 0. The number of rotatable bonds is 4. The number of thiophene rings is 1. The van der Waals surface area contributed by atoms with Crippen LogP contribution in [0, 0.1) is 10.1 Å². The van der Waals surface area contributed by atoms with Gasteiger partial charge < -0.3 is 10.0 Å². The second kappa shape index (κ2) is 5.87. The van der Waals surface area contributed by atoms with Crippen molar-refractivity contribution < 1.29 is 18.4 Å². The summed E-state index contributed by atoms with van der Waals surface area (Å²) in [6.07, 6.45) is 0.390. The van der Waals surface area contributed by atoms with Crippen molar-refractivity contribution in [2.75, 3.05) is 37.3 Å². The molecule has 0 bridgehead atoms. The summed E-state index contributed by atoms with van der Waals surface area (Å²) in [5, 5.41) is 21.2. The molecule has 2 rings (SSSR count). The average molecular weight is 335 g/mol. The molecule has 1 aromatic heterocycles. The van der Waals surface area contributed by atoms with Crippen molar-refractivity contribution in [2.45, 2.75) is 13.0 Å². The minimum absolute atomic E-state index is 0.0382. The lowest BCUT2D eigenvalue weighted by Gasteiger charge is -2.33. The number of aliphatic hydroxyl groups excluding tert-OH is 1. The number of sulfonamides is 1. The molecule has 0 radical (unpaired) electrons. The number of nitro groups is 1. The number of piperazine rings is 1. The Morgan fingerprint density at radius 3 is 2.38 bits per heavy atom. The van der Waals surface area contributed by atoms with Crippen LogP contribution in [0.4, 0.5) is 10.7 Å². The van der Waals surface area contributed by atoms with E-state index >= 15 is 0 Å². The zero-order valence-corrected chi connectivity index (χ0v) is 13.4. The molecule has 2 heterocycles. The van der Waals surface area contributed by atoms with Crippen molar-refractivity contribution in [3.63, 3.8) is 0 Å². The van der Waals surface area contributed by atoms with Crippen LogP contribution >= 0.6 is 11.3 Å². The predicted octanol–water partition coefficient (Wildman–Crippen LogP) is 0.791. The van der Waals surface area contributed by atoms with Crippen LogP contribution in [-0.4, -0.2) is 55.2 Å². The summed E-state index contributed by atoms with van der Waals surface area (Å²) in [5.41, 5.74) is -0.0382. The van der Waals surface area contributed by atoms with Gasteiger partial charge in [0.1, 0.15) is 0 Å². The summed E-state index contributed by atoms with van der Waals surface area (Å²) in [6, 6.07) is 1.38. The second-order valence-corrected chi connectivity index (χ2v) is 7.97. The molecule has 0 amide bonds. The number of nitrogens with zero attached hydrogens (tertiary/aromatic N) is 3. The van der Waals surface area contributed by atoms with Gasteiger partial charge >= 0.3 is 5.69 Å². The molecular weight excluding hydrogens is 318 g/mol. The van der Waals surface area contributed by atoms with Crippen LogP contribution in [0.1, 0.15) is 17.9 Å². The van der Waals surface area contributed by atoms with Gasteiger partial charge in [-0.3, -0.25) is 10.1 Å². The molecule has 1 saturated heterocycles. The average Bonchev–Trinajstić information content (AvgIpc) is 2.83. The Hall–Kier alpha value is -1.23. The Morgan fingerprint density at radius 2 is 1.95 bits per heavy atom. The molecule has 1 aromatic rings. The Kier molecular flexibility index (Phi) is 4.51. The molecule has 0 aromatic carbocycles. The fraction of sp³-hybridized carbons (Fsp3) is 0.636. The van der Waals surface area contributed by atoms with Crippen LogP contribution in [0.3, 0.4) is 0 Å². The summed E-state index contributed by atoms with van der Waals surface area (Å²) >= 11 is 1.18. The molecule has 1 aliphatic rings. The fourth-order valence-electron chi connectivity index (χ4n) is 2.18. The van der Waals surface area contributed by atoms with Gasteiger partial charge in [-0.05, 0) is 6.92 Å². The topological polar surface area (TPSA) is 104 Å². The fourth-order valence-corrected chi connectivity index (χ4v) is 4.12. The second-order valence-electron chi connectivity index (χ2n) is 4.92. The third kappa shape index (κ3) is 3.51. The molecule has 1 fully saturated rings. The Balaban J connectivity index is 2.22. The van der Waals surface area contributed by atoms with Gasteiger partial charge in [0.05, 0.1) is 17.3 Å². The third-order valence-corrected chi connectivity index (χ3v) is 5.97. The highest BCUT2D eigenvalue weighted by Crippen LogP contribution is 2.40. The highest BCUT2D eigenvalue weighted by Gasteiger charge is 2.30. The number of aliphatic hydroxyl groups is 1. The minimum atomic E-state index is -3.23. The monoisotopic (exact) mass is 335 g/mol. The molecule has 0 spiro atoms. The largest absolute Gasteiger partial charge is 0.388 e. The van der Waals surface area contributed by atoms with Gasteiger partial charge in [-0.1, -0.05) is 0 Å². The molecule has 1 aliphatic heterocycles. The maximum Gasteiger partial charge on any atom is 0.304 e. The van der Waals surface area contributed by atoms with Crippen LogP contribution < -0.4 is 4.90 Å². The minimum Gasteiger partial charge on any atom is -0.388 e. The van der Waals surface area contributed by atoms with Crippen molar-refractivity contribution >= 4 is 32.0 Å². The van der Waals surface area contributed by atoms with E-state index in [1.54, 1.807) is 11.8 Å². The number of hydrogen-bond donors (Lipinski definition) is 1. The van der Waals surface area contributed by atoms with E-state index in [4.69, 9.17) is 0 Å². The molecule has 0 unspecified atom stereocenters. The van der Waals surface area contributed by atoms with E-state index in [1.807, 2.05) is 0 Å². The predicted molar refractivity (Wildman–Crippen MR) is 80.2 cm³/mol. The summed E-state index contributed by atoms with van der Waals surface area (Å²) in [6.45, 7) is 2.96. The Morgan fingerprint density at radius 1 is 1.38 bits per heavy atom. The van der Waals surface area contributed by atoms with E-state index in [1.165, 1.54) is 21.7 Å². The standard InChI is InChI=1S/C11H17N3O5S2/c1-8(15)10-7-9(14(16)17)11(20-10)12-3-5-13(6-4-12)21(2,18)19/h7-8,15H,3-6H2,1-2H3/t8-/m0/s1. The first-order valence-corrected chi connectivity index (χ1v) is 9.03. The molecule has 21 heavy (non-hydrogen) atoms. The summed E-state index contributed by atoms with van der Waals surface area (Å²) < 4.78 is 24.3. The van der Waals surface area contributed by atoms with Crippen LogP contribution in [-0.2, 0) is 10.0 Å². The van der Waals surface area contributed by atoms with E-state index in [9.17, 15) is 23.6 Å². The summed E-state index contributed by atoms with van der Waals surface area (Å²) in [7, 11) is -3.23. The highest BCUT2D eigenvalue weighted by atomic mass is 32.2. The first-order valence-electron chi connectivity index (χ1n) is 6.36. The number of hydrogen-bond acceptors (Lipinski definition) is 7. The quantitative estimate of drug-likeness (QED) is 0.644. The molecule has 0 aliphatic carbocycles. The smallest absolute Gasteiger partial charge is 0.304 e. The van der Waals surface area contributed by atoms with E-state index in [0.29, 0.717) is 36.1 Å². The van der Waals surface area contributed by atoms with Crippen LogP contribution in [0.5, 0.6) is 0 Å². The molecule has 1 N–H and O–H groups in total. The molecule has 8 nitrogen and oxygen atoms in total. The first kappa shape index (κ1) is 16.1. The molecule has 10 heteroatoms.